The summed E-state index contributed by atoms with van der Waals surface area (Å²) in [5, 5.41) is 2.56. The minimum Gasteiger partial charge on any atom is -0.497 e. The highest BCUT2D eigenvalue weighted by Gasteiger charge is 2.22. The molecule has 0 aromatic heterocycles. The number of carbonyl (C=O) groups is 2. The number of hydrogen-bond donors (Lipinski definition) is 1. The molecule has 3 rings (SSSR count). The molecule has 1 amide bonds. The normalized spacial score (nSPS) is 14.9. The molecule has 0 aliphatic carbocycles. The topological polar surface area (TPSA) is 73.9 Å². The number of esters is 1. The number of nitrogens with one attached hydrogen (secondary N) is 1. The largest absolute Gasteiger partial charge is 0.497 e. The van der Waals surface area contributed by atoms with E-state index in [2.05, 4.69) is 5.32 Å². The number of thiocarbonyl (C=S) groups is 1. The molecule has 29 heavy (non-hydrogen) atoms. The number of ether oxygens (including phenoxy) is 3. The summed E-state index contributed by atoms with van der Waals surface area (Å²) in [4.78, 5) is 24.4. The fraction of sp³-hybridized carbons (Fsp3) is 0.0952. The maximum atomic E-state index is 12.1. The van der Waals surface area contributed by atoms with Gasteiger partial charge in [-0.3, -0.25) is 4.79 Å². The van der Waals surface area contributed by atoms with Crippen molar-refractivity contribution in [1.29, 1.82) is 0 Å². The first kappa shape index (κ1) is 20.6. The third-order valence-corrected chi connectivity index (χ3v) is 5.03. The van der Waals surface area contributed by atoms with Gasteiger partial charge in [-0.05, 0) is 47.5 Å². The number of benzene rings is 2. The Kier molecular flexibility index (Phi) is 6.69. The van der Waals surface area contributed by atoms with E-state index in [4.69, 9.17) is 26.4 Å². The van der Waals surface area contributed by atoms with Crippen molar-refractivity contribution in [2.24, 2.45) is 0 Å². The first-order chi connectivity index (χ1) is 14.0. The molecule has 0 unspecified atom stereocenters. The summed E-state index contributed by atoms with van der Waals surface area (Å²) in [6, 6.07) is 12.3. The van der Waals surface area contributed by atoms with E-state index >= 15 is 0 Å². The van der Waals surface area contributed by atoms with Crippen LogP contribution in [0.25, 0.3) is 12.2 Å². The number of carbonyl (C=O) groups excluding carboxylic acids is 2. The summed E-state index contributed by atoms with van der Waals surface area (Å²) < 4.78 is 16.2. The molecule has 2 aromatic carbocycles. The van der Waals surface area contributed by atoms with Gasteiger partial charge >= 0.3 is 5.97 Å². The smallest absolute Gasteiger partial charge is 0.336 e. The molecule has 1 saturated heterocycles. The molecular formula is C21H17NO5S2. The SMILES string of the molecule is COc1ccc(C=CC(=O)Oc2ccc(C=C3SC(=S)NC3=O)cc2OC)cc1. The van der Waals surface area contributed by atoms with Gasteiger partial charge in [-0.1, -0.05) is 42.2 Å². The highest BCUT2D eigenvalue weighted by molar-refractivity contribution is 8.26. The van der Waals surface area contributed by atoms with Gasteiger partial charge < -0.3 is 19.5 Å². The van der Waals surface area contributed by atoms with Crippen molar-refractivity contribution < 1.29 is 23.8 Å². The van der Waals surface area contributed by atoms with Crippen molar-refractivity contribution >= 4 is 52.3 Å². The average Bonchev–Trinajstić information content (AvgIpc) is 3.04. The zero-order valence-electron chi connectivity index (χ0n) is 15.6. The van der Waals surface area contributed by atoms with Crippen LogP contribution in [0.1, 0.15) is 11.1 Å². The van der Waals surface area contributed by atoms with E-state index in [9.17, 15) is 9.59 Å². The van der Waals surface area contributed by atoms with Crippen LogP contribution in [0, 0.1) is 0 Å². The monoisotopic (exact) mass is 427 g/mol. The highest BCUT2D eigenvalue weighted by atomic mass is 32.2. The lowest BCUT2D eigenvalue weighted by atomic mass is 10.2. The third kappa shape index (κ3) is 5.46. The summed E-state index contributed by atoms with van der Waals surface area (Å²) in [6.45, 7) is 0. The molecule has 8 heteroatoms. The lowest BCUT2D eigenvalue weighted by Crippen LogP contribution is -2.17. The van der Waals surface area contributed by atoms with Crippen molar-refractivity contribution in [2.45, 2.75) is 0 Å². The standard InChI is InChI=1S/C21H17NO5S2/c1-25-15-7-3-13(4-8-15)6-10-19(23)27-16-9-5-14(11-17(16)26-2)12-18-20(24)22-21(28)29-18/h3-12H,1-2H3,(H,22,24,28). The predicted molar refractivity (Wildman–Crippen MR) is 117 cm³/mol. The summed E-state index contributed by atoms with van der Waals surface area (Å²) in [5.41, 5.74) is 1.56. The van der Waals surface area contributed by atoms with Crippen LogP contribution in [0.15, 0.2) is 53.4 Å². The van der Waals surface area contributed by atoms with Crippen LogP contribution in [0.2, 0.25) is 0 Å². The summed E-state index contributed by atoms with van der Waals surface area (Å²) >= 11 is 6.17. The van der Waals surface area contributed by atoms with Gasteiger partial charge in [-0.25, -0.2) is 4.79 Å². The second-order valence-corrected chi connectivity index (χ2v) is 7.51. The van der Waals surface area contributed by atoms with Gasteiger partial charge in [-0.2, -0.15) is 0 Å². The first-order valence-electron chi connectivity index (χ1n) is 8.45. The van der Waals surface area contributed by atoms with Crippen molar-refractivity contribution in [2.75, 3.05) is 14.2 Å². The molecule has 148 valence electrons. The molecule has 1 N–H and O–H groups in total. The molecule has 6 nitrogen and oxygen atoms in total. The van der Waals surface area contributed by atoms with Gasteiger partial charge in [0.25, 0.3) is 5.91 Å². The van der Waals surface area contributed by atoms with Gasteiger partial charge in [0.05, 0.1) is 19.1 Å². The van der Waals surface area contributed by atoms with Crippen molar-refractivity contribution in [3.63, 3.8) is 0 Å². The van der Waals surface area contributed by atoms with Gasteiger partial charge in [0.1, 0.15) is 10.1 Å². The van der Waals surface area contributed by atoms with Gasteiger partial charge in [0, 0.05) is 6.08 Å². The lowest BCUT2D eigenvalue weighted by molar-refractivity contribution is -0.129. The maximum absolute atomic E-state index is 12.1. The number of methoxy groups -OCH3 is 2. The van der Waals surface area contributed by atoms with E-state index in [1.54, 1.807) is 49.6 Å². The fourth-order valence-electron chi connectivity index (χ4n) is 2.45. The Morgan fingerprint density at radius 1 is 1.03 bits per heavy atom. The van der Waals surface area contributed by atoms with E-state index < -0.39 is 5.97 Å². The highest BCUT2D eigenvalue weighted by Crippen LogP contribution is 2.31. The minimum atomic E-state index is -0.540. The molecule has 2 aromatic rings. The molecule has 0 bridgehead atoms. The van der Waals surface area contributed by atoms with Crippen LogP contribution in [-0.4, -0.2) is 30.4 Å². The Bertz CT molecular complexity index is 1010. The average molecular weight is 428 g/mol. The second-order valence-electron chi connectivity index (χ2n) is 5.79. The fourth-order valence-corrected chi connectivity index (χ4v) is 3.50. The van der Waals surface area contributed by atoms with Crippen LogP contribution in [-0.2, 0) is 9.59 Å². The molecule has 0 spiro atoms. The summed E-state index contributed by atoms with van der Waals surface area (Å²) in [5.74, 6) is 0.605. The minimum absolute atomic E-state index is 0.238. The number of thioether (sulfide) groups is 1. The van der Waals surface area contributed by atoms with E-state index in [-0.39, 0.29) is 11.7 Å². The van der Waals surface area contributed by atoms with E-state index in [0.29, 0.717) is 15.0 Å². The Labute approximate surface area is 177 Å². The van der Waals surface area contributed by atoms with Crippen LogP contribution < -0.4 is 19.5 Å². The zero-order valence-corrected chi connectivity index (χ0v) is 17.3. The molecule has 0 radical (unpaired) electrons. The van der Waals surface area contributed by atoms with Gasteiger partial charge in [0.2, 0.25) is 0 Å². The first-order valence-corrected chi connectivity index (χ1v) is 9.68. The van der Waals surface area contributed by atoms with Crippen molar-refractivity contribution in [1.82, 2.24) is 5.32 Å². The lowest BCUT2D eigenvalue weighted by Gasteiger charge is -2.09. The third-order valence-electron chi connectivity index (χ3n) is 3.87. The van der Waals surface area contributed by atoms with Gasteiger partial charge in [-0.15, -0.1) is 0 Å². The van der Waals surface area contributed by atoms with Crippen LogP contribution >= 0.6 is 24.0 Å². The van der Waals surface area contributed by atoms with Crippen LogP contribution in [0.5, 0.6) is 17.2 Å². The number of hydrogen-bond acceptors (Lipinski definition) is 7. The molecule has 1 fully saturated rings. The molecule has 1 aliphatic heterocycles. The Hall–Kier alpha value is -3.10. The van der Waals surface area contributed by atoms with Crippen molar-refractivity contribution in [3.8, 4) is 17.2 Å². The molecule has 1 heterocycles. The molecule has 0 atom stereocenters. The van der Waals surface area contributed by atoms with E-state index in [0.717, 1.165) is 16.9 Å². The van der Waals surface area contributed by atoms with E-state index in [1.165, 1.54) is 24.9 Å². The Morgan fingerprint density at radius 3 is 2.38 bits per heavy atom. The summed E-state index contributed by atoms with van der Waals surface area (Å²) in [6.07, 6.45) is 4.67. The predicted octanol–water partition coefficient (Wildman–Crippen LogP) is 3.81. The van der Waals surface area contributed by atoms with Crippen LogP contribution in [0.4, 0.5) is 0 Å². The van der Waals surface area contributed by atoms with Gasteiger partial charge in [0.15, 0.2) is 11.5 Å². The molecule has 1 aliphatic rings. The molecule has 0 saturated carbocycles. The van der Waals surface area contributed by atoms with Crippen molar-refractivity contribution in [3.05, 3.63) is 64.6 Å². The number of rotatable bonds is 6. The van der Waals surface area contributed by atoms with E-state index in [1.807, 2.05) is 12.1 Å². The Balaban J connectivity index is 1.70. The zero-order chi connectivity index (χ0) is 20.8. The quantitative estimate of drug-likeness (QED) is 0.325. The van der Waals surface area contributed by atoms with Crippen LogP contribution in [0.3, 0.4) is 0 Å². The Morgan fingerprint density at radius 2 is 1.76 bits per heavy atom. The molecular weight excluding hydrogens is 410 g/mol. The maximum Gasteiger partial charge on any atom is 0.336 e. The summed E-state index contributed by atoms with van der Waals surface area (Å²) in [7, 11) is 3.07. The number of amides is 1. The second kappa shape index (κ2) is 9.40.